The summed E-state index contributed by atoms with van der Waals surface area (Å²) in [6.45, 7) is -0.0589. The number of carbonyl (C=O) groups excluding carboxylic acids is 2. The highest BCUT2D eigenvalue weighted by Gasteiger charge is 2.19. The largest absolute Gasteiger partial charge is 0.347 e. The van der Waals surface area contributed by atoms with Gasteiger partial charge in [0.2, 0.25) is 5.91 Å². The minimum absolute atomic E-state index is 0.0589. The molecule has 6 nitrogen and oxygen atoms in total. The Kier molecular flexibility index (Phi) is 5.12. The van der Waals surface area contributed by atoms with E-state index in [0.29, 0.717) is 11.3 Å². The molecule has 2 amide bonds. The van der Waals surface area contributed by atoms with Crippen LogP contribution in [0.5, 0.6) is 0 Å². The minimum atomic E-state index is -0.332. The van der Waals surface area contributed by atoms with Gasteiger partial charge in [-0.15, -0.1) is 0 Å². The Labute approximate surface area is 152 Å². The molecule has 3 rings (SSSR count). The quantitative estimate of drug-likeness (QED) is 0.770. The molecule has 0 aliphatic rings. The Morgan fingerprint density at radius 2 is 1.62 bits per heavy atom. The molecule has 0 spiro atoms. The van der Waals surface area contributed by atoms with Crippen molar-refractivity contribution in [1.82, 2.24) is 20.0 Å². The average molecular weight is 348 g/mol. The van der Waals surface area contributed by atoms with Crippen LogP contribution in [0.15, 0.2) is 66.9 Å². The van der Waals surface area contributed by atoms with E-state index in [1.54, 1.807) is 25.0 Å². The highest BCUT2D eigenvalue weighted by molar-refractivity contribution is 6.01. The Morgan fingerprint density at radius 3 is 2.23 bits per heavy atom. The van der Waals surface area contributed by atoms with Crippen LogP contribution in [0, 0.1) is 0 Å². The maximum atomic E-state index is 12.7. The predicted octanol–water partition coefficient (Wildman–Crippen LogP) is 2.36. The highest BCUT2D eigenvalue weighted by Crippen LogP contribution is 2.23. The van der Waals surface area contributed by atoms with Crippen molar-refractivity contribution in [3.63, 3.8) is 0 Å². The number of aromatic nitrogens is 2. The van der Waals surface area contributed by atoms with Crippen molar-refractivity contribution in [2.75, 3.05) is 20.6 Å². The summed E-state index contributed by atoms with van der Waals surface area (Å²) >= 11 is 0. The lowest BCUT2D eigenvalue weighted by atomic mass is 10.1. The molecule has 1 heterocycles. The number of carbonyl (C=O) groups is 2. The lowest BCUT2D eigenvalue weighted by Gasteiger charge is -2.10. The second-order valence-electron chi connectivity index (χ2n) is 6.01. The van der Waals surface area contributed by atoms with Gasteiger partial charge < -0.3 is 10.2 Å². The molecule has 0 unspecified atom stereocenters. The van der Waals surface area contributed by atoms with Gasteiger partial charge in [0.25, 0.3) is 5.91 Å². The van der Waals surface area contributed by atoms with Crippen molar-refractivity contribution >= 4 is 11.8 Å². The van der Waals surface area contributed by atoms with Crippen molar-refractivity contribution in [3.05, 3.63) is 72.4 Å². The zero-order valence-corrected chi connectivity index (χ0v) is 14.7. The summed E-state index contributed by atoms with van der Waals surface area (Å²) in [6.07, 6.45) is 1.69. The molecule has 0 saturated heterocycles. The topological polar surface area (TPSA) is 67.2 Å². The summed E-state index contributed by atoms with van der Waals surface area (Å²) in [5.74, 6) is -0.503. The molecule has 26 heavy (non-hydrogen) atoms. The number of benzene rings is 2. The first kappa shape index (κ1) is 17.4. The van der Waals surface area contributed by atoms with E-state index in [1.807, 2.05) is 60.7 Å². The Balaban J connectivity index is 1.96. The molecular formula is C20H20N4O2. The van der Waals surface area contributed by atoms with Crippen LogP contribution in [0.2, 0.25) is 0 Å². The van der Waals surface area contributed by atoms with Crippen LogP contribution >= 0.6 is 0 Å². The molecular weight excluding hydrogens is 328 g/mol. The van der Waals surface area contributed by atoms with Crippen molar-refractivity contribution < 1.29 is 9.59 Å². The first-order valence-electron chi connectivity index (χ1n) is 8.25. The van der Waals surface area contributed by atoms with Crippen LogP contribution in [0.25, 0.3) is 16.9 Å². The van der Waals surface area contributed by atoms with Gasteiger partial charge in [-0.05, 0) is 12.1 Å². The van der Waals surface area contributed by atoms with Crippen LogP contribution in [-0.4, -0.2) is 47.1 Å². The average Bonchev–Trinajstić information content (AvgIpc) is 3.12. The summed E-state index contributed by atoms with van der Waals surface area (Å²) in [4.78, 5) is 25.9. The van der Waals surface area contributed by atoms with E-state index in [1.165, 1.54) is 4.90 Å². The van der Waals surface area contributed by atoms with Gasteiger partial charge in [-0.2, -0.15) is 5.10 Å². The SMILES string of the molecule is CN(C)C(=O)CNC(=O)c1cn(-c2ccccc2)nc1-c1ccccc1. The molecule has 0 saturated carbocycles. The fraction of sp³-hybridized carbons (Fsp3) is 0.150. The Hall–Kier alpha value is -3.41. The van der Waals surface area contributed by atoms with E-state index in [4.69, 9.17) is 0 Å². The molecule has 0 atom stereocenters. The van der Waals surface area contributed by atoms with E-state index in [-0.39, 0.29) is 18.4 Å². The smallest absolute Gasteiger partial charge is 0.255 e. The molecule has 6 heteroatoms. The second kappa shape index (κ2) is 7.65. The number of nitrogens with one attached hydrogen (secondary N) is 1. The second-order valence-corrected chi connectivity index (χ2v) is 6.01. The van der Waals surface area contributed by atoms with Gasteiger partial charge in [0.1, 0.15) is 5.69 Å². The van der Waals surface area contributed by atoms with Crippen molar-refractivity contribution in [3.8, 4) is 16.9 Å². The number of likely N-dealkylation sites (N-methyl/N-ethyl adjacent to an activating group) is 1. The molecule has 0 bridgehead atoms. The molecule has 3 aromatic rings. The molecule has 0 fully saturated rings. The van der Waals surface area contributed by atoms with Crippen molar-refractivity contribution in [1.29, 1.82) is 0 Å². The molecule has 0 aliphatic carbocycles. The maximum Gasteiger partial charge on any atom is 0.255 e. The standard InChI is InChI=1S/C20H20N4O2/c1-23(2)18(25)13-21-20(26)17-14-24(16-11-7-4-8-12-16)22-19(17)15-9-5-3-6-10-15/h3-12,14H,13H2,1-2H3,(H,21,26). The summed E-state index contributed by atoms with van der Waals surface area (Å²) in [6, 6.07) is 19.1. The third kappa shape index (κ3) is 3.80. The van der Waals surface area contributed by atoms with Crippen LogP contribution in [-0.2, 0) is 4.79 Å². The molecule has 132 valence electrons. The van der Waals surface area contributed by atoms with Gasteiger partial charge in [0.15, 0.2) is 0 Å². The first-order chi connectivity index (χ1) is 12.6. The fourth-order valence-corrected chi connectivity index (χ4v) is 2.47. The van der Waals surface area contributed by atoms with Crippen LogP contribution in [0.4, 0.5) is 0 Å². The van der Waals surface area contributed by atoms with Crippen molar-refractivity contribution in [2.24, 2.45) is 0 Å². The predicted molar refractivity (Wildman–Crippen MR) is 100 cm³/mol. The van der Waals surface area contributed by atoms with E-state index in [0.717, 1.165) is 11.3 Å². The van der Waals surface area contributed by atoms with Gasteiger partial charge in [0.05, 0.1) is 17.8 Å². The molecule has 0 aliphatic heterocycles. The number of amides is 2. The number of nitrogens with zero attached hydrogens (tertiary/aromatic N) is 3. The third-order valence-corrected chi connectivity index (χ3v) is 3.93. The first-order valence-corrected chi connectivity index (χ1v) is 8.25. The summed E-state index contributed by atoms with van der Waals surface area (Å²) < 4.78 is 1.67. The zero-order chi connectivity index (χ0) is 18.5. The van der Waals surface area contributed by atoms with Gasteiger partial charge in [-0.25, -0.2) is 4.68 Å². The fourth-order valence-electron chi connectivity index (χ4n) is 2.47. The van der Waals surface area contributed by atoms with Gasteiger partial charge in [-0.1, -0.05) is 48.5 Å². The third-order valence-electron chi connectivity index (χ3n) is 3.93. The molecule has 1 aromatic heterocycles. The van der Waals surface area contributed by atoms with Gasteiger partial charge >= 0.3 is 0 Å². The summed E-state index contributed by atoms with van der Waals surface area (Å²) in [5, 5.41) is 7.27. The van der Waals surface area contributed by atoms with E-state index < -0.39 is 0 Å². The Bertz CT molecular complexity index is 902. The van der Waals surface area contributed by atoms with Crippen LogP contribution in [0.3, 0.4) is 0 Å². The summed E-state index contributed by atoms with van der Waals surface area (Å²) in [7, 11) is 3.30. The van der Waals surface area contributed by atoms with E-state index in [2.05, 4.69) is 10.4 Å². The van der Waals surface area contributed by atoms with Crippen LogP contribution < -0.4 is 5.32 Å². The molecule has 1 N–H and O–H groups in total. The number of hydrogen-bond donors (Lipinski definition) is 1. The molecule has 2 aromatic carbocycles. The van der Waals surface area contributed by atoms with Crippen LogP contribution in [0.1, 0.15) is 10.4 Å². The lowest BCUT2D eigenvalue weighted by Crippen LogP contribution is -2.36. The van der Waals surface area contributed by atoms with E-state index >= 15 is 0 Å². The minimum Gasteiger partial charge on any atom is -0.347 e. The highest BCUT2D eigenvalue weighted by atomic mass is 16.2. The molecule has 0 radical (unpaired) electrons. The zero-order valence-electron chi connectivity index (χ0n) is 14.7. The van der Waals surface area contributed by atoms with E-state index in [9.17, 15) is 9.59 Å². The number of rotatable bonds is 5. The monoisotopic (exact) mass is 348 g/mol. The summed E-state index contributed by atoms with van der Waals surface area (Å²) in [5.41, 5.74) is 2.69. The lowest BCUT2D eigenvalue weighted by molar-refractivity contribution is -0.127. The van der Waals surface area contributed by atoms with Crippen molar-refractivity contribution in [2.45, 2.75) is 0 Å². The number of hydrogen-bond acceptors (Lipinski definition) is 3. The van der Waals surface area contributed by atoms with Gasteiger partial charge in [-0.3, -0.25) is 9.59 Å². The normalized spacial score (nSPS) is 10.4. The van der Waals surface area contributed by atoms with Gasteiger partial charge in [0, 0.05) is 25.9 Å². The maximum absolute atomic E-state index is 12.7. The Morgan fingerprint density at radius 1 is 1.00 bits per heavy atom. The number of para-hydroxylation sites is 1.